The summed E-state index contributed by atoms with van der Waals surface area (Å²) in [5.74, 6) is 0.0695. The van der Waals surface area contributed by atoms with Gasteiger partial charge in [-0.05, 0) is 93.4 Å². The van der Waals surface area contributed by atoms with Crippen molar-refractivity contribution in [2.75, 3.05) is 19.8 Å². The fourth-order valence-electron chi connectivity index (χ4n) is 7.13. The Bertz CT molecular complexity index is 1120. The van der Waals surface area contributed by atoms with Crippen LogP contribution in [0.2, 0.25) is 0 Å². The predicted molar refractivity (Wildman–Crippen MR) is 197 cm³/mol. The number of benzene rings is 1. The number of carbonyl (C=O) groups is 2. The van der Waals surface area contributed by atoms with E-state index in [-0.39, 0.29) is 54.3 Å². The van der Waals surface area contributed by atoms with E-state index in [2.05, 4.69) is 32.1 Å². The normalized spacial score (nSPS) is 22.3. The van der Waals surface area contributed by atoms with Crippen LogP contribution >= 0.6 is 11.6 Å². The highest BCUT2D eigenvalue weighted by Gasteiger charge is 2.42. The molecule has 0 bridgehead atoms. The topological polar surface area (TPSA) is 102 Å². The van der Waals surface area contributed by atoms with Gasteiger partial charge < -0.3 is 24.4 Å². The Hall–Kier alpha value is -2.35. The van der Waals surface area contributed by atoms with Gasteiger partial charge in [0.05, 0.1) is 24.4 Å². The van der Waals surface area contributed by atoms with Crippen LogP contribution in [0.3, 0.4) is 0 Å². The highest BCUT2D eigenvalue weighted by atomic mass is 35.5. The molecule has 3 rings (SSSR count). The summed E-state index contributed by atoms with van der Waals surface area (Å²) in [7, 11) is 0. The highest BCUT2D eigenvalue weighted by Crippen LogP contribution is 2.48. The van der Waals surface area contributed by atoms with Crippen molar-refractivity contribution in [3.63, 3.8) is 0 Å². The summed E-state index contributed by atoms with van der Waals surface area (Å²) >= 11 is 6.61. The van der Waals surface area contributed by atoms with Gasteiger partial charge in [-0.25, -0.2) is 4.79 Å². The third-order valence-electron chi connectivity index (χ3n) is 10.6. The number of aliphatic hydroxyl groups is 2. The van der Waals surface area contributed by atoms with Crippen molar-refractivity contribution in [3.8, 4) is 5.75 Å². The summed E-state index contributed by atoms with van der Waals surface area (Å²) in [4.78, 5) is 24.5. The number of carbonyl (C=O) groups excluding carboxylic acids is 2. The van der Waals surface area contributed by atoms with Crippen molar-refractivity contribution in [3.05, 3.63) is 54.1 Å². The molecule has 0 aromatic heterocycles. The molecule has 8 heteroatoms. The van der Waals surface area contributed by atoms with Gasteiger partial charge in [0.2, 0.25) is 0 Å². The molecular formula is C41H63ClO7. The number of aliphatic hydroxyl groups excluding tert-OH is 2. The number of rotatable bonds is 25. The monoisotopic (exact) mass is 702 g/mol. The van der Waals surface area contributed by atoms with Crippen molar-refractivity contribution >= 4 is 23.5 Å². The fourth-order valence-corrected chi connectivity index (χ4v) is 7.58. The molecule has 1 aromatic carbocycles. The Balaban J connectivity index is 1.22. The van der Waals surface area contributed by atoms with Gasteiger partial charge in [-0.2, -0.15) is 0 Å². The lowest BCUT2D eigenvalue weighted by molar-refractivity contribution is -0.144. The molecule has 0 amide bonds. The van der Waals surface area contributed by atoms with Crippen LogP contribution in [0.15, 0.2) is 48.6 Å². The number of unbranched alkanes of at least 4 members (excludes halogenated alkanes) is 8. The van der Waals surface area contributed by atoms with Crippen LogP contribution in [0, 0.1) is 17.3 Å². The number of alkyl halides is 1. The zero-order chi connectivity index (χ0) is 35.3. The average molecular weight is 703 g/mol. The molecule has 0 spiro atoms. The Morgan fingerprint density at radius 2 is 1.61 bits per heavy atom. The Morgan fingerprint density at radius 1 is 0.918 bits per heavy atom. The molecule has 1 aromatic rings. The number of hydrogen-bond donors (Lipinski definition) is 2. The van der Waals surface area contributed by atoms with Crippen LogP contribution in [-0.4, -0.2) is 59.6 Å². The van der Waals surface area contributed by atoms with Crippen LogP contribution in [0.5, 0.6) is 5.75 Å². The summed E-state index contributed by atoms with van der Waals surface area (Å²) in [6.07, 6.45) is 25.5. The van der Waals surface area contributed by atoms with E-state index in [0.717, 1.165) is 44.3 Å². The van der Waals surface area contributed by atoms with Gasteiger partial charge in [0.25, 0.3) is 0 Å². The maximum absolute atomic E-state index is 12.3. The minimum absolute atomic E-state index is 0.00204. The second-order valence-corrected chi connectivity index (χ2v) is 14.7. The van der Waals surface area contributed by atoms with E-state index in [0.29, 0.717) is 31.4 Å². The molecule has 2 fully saturated rings. The van der Waals surface area contributed by atoms with Crippen molar-refractivity contribution in [1.82, 2.24) is 0 Å². The molecule has 0 radical (unpaired) electrons. The van der Waals surface area contributed by atoms with Crippen LogP contribution in [0.1, 0.15) is 140 Å². The van der Waals surface area contributed by atoms with Gasteiger partial charge in [-0.3, -0.25) is 4.79 Å². The first kappa shape index (κ1) is 41.1. The molecule has 0 unspecified atom stereocenters. The third kappa shape index (κ3) is 14.4. The standard InChI is InChI=1S/C41H63ClO7/c1-3-5-6-7-8-9-12-15-28-47-33-24-22-32(23-25-33)40(46)49-30-29-48-39(45)21-14-11-10-13-18-34-35(37(43)31-36(34)42)19-16-20-38(44)41(4-2)26-17-27-41/h10,13,16,19,22-25,34-38,43-44H,3-9,11-12,14-15,17-18,20-21,26-31H2,1-2H3/b13-10-,19-16+/t34-,35+,36+,37-,38+/m1/s1. The molecule has 49 heavy (non-hydrogen) atoms. The zero-order valence-corrected chi connectivity index (χ0v) is 30.9. The molecular weight excluding hydrogens is 640 g/mol. The molecule has 7 nitrogen and oxygen atoms in total. The van der Waals surface area contributed by atoms with Gasteiger partial charge in [0, 0.05) is 17.7 Å². The molecule has 2 aliphatic rings. The minimum atomic E-state index is -0.471. The summed E-state index contributed by atoms with van der Waals surface area (Å²) in [6, 6.07) is 6.93. The van der Waals surface area contributed by atoms with E-state index < -0.39 is 12.1 Å². The molecule has 276 valence electrons. The van der Waals surface area contributed by atoms with E-state index in [1.807, 2.05) is 6.08 Å². The second-order valence-electron chi connectivity index (χ2n) is 14.1. The highest BCUT2D eigenvalue weighted by molar-refractivity contribution is 6.21. The number of hydrogen-bond acceptors (Lipinski definition) is 7. The Morgan fingerprint density at radius 3 is 2.29 bits per heavy atom. The average Bonchev–Trinajstić information content (AvgIpc) is 3.34. The summed E-state index contributed by atoms with van der Waals surface area (Å²) in [5.41, 5.74) is 0.505. The zero-order valence-electron chi connectivity index (χ0n) is 30.2. The van der Waals surface area contributed by atoms with Crippen molar-refractivity contribution in [2.24, 2.45) is 17.3 Å². The Kier molecular flexibility index (Phi) is 19.4. The molecule has 2 N–H and O–H groups in total. The smallest absolute Gasteiger partial charge is 0.338 e. The first-order valence-corrected chi connectivity index (χ1v) is 19.6. The van der Waals surface area contributed by atoms with E-state index in [1.165, 1.54) is 51.4 Å². The summed E-state index contributed by atoms with van der Waals surface area (Å²) in [6.45, 7) is 5.09. The molecule has 5 atom stereocenters. The van der Waals surface area contributed by atoms with Crippen LogP contribution in [0.4, 0.5) is 0 Å². The van der Waals surface area contributed by atoms with Crippen molar-refractivity contribution in [1.29, 1.82) is 0 Å². The lowest BCUT2D eigenvalue weighted by atomic mass is 9.63. The summed E-state index contributed by atoms with van der Waals surface area (Å²) in [5, 5.41) is 21.2. The van der Waals surface area contributed by atoms with Crippen LogP contribution in [0.25, 0.3) is 0 Å². The predicted octanol–water partition coefficient (Wildman–Crippen LogP) is 9.51. The van der Waals surface area contributed by atoms with Crippen LogP contribution in [-0.2, 0) is 14.3 Å². The van der Waals surface area contributed by atoms with Gasteiger partial charge in [-0.1, -0.05) is 89.5 Å². The van der Waals surface area contributed by atoms with Crippen molar-refractivity contribution < 1.29 is 34.0 Å². The van der Waals surface area contributed by atoms with Crippen LogP contribution < -0.4 is 4.74 Å². The minimum Gasteiger partial charge on any atom is -0.494 e. The van der Waals surface area contributed by atoms with E-state index in [4.69, 9.17) is 25.8 Å². The third-order valence-corrected chi connectivity index (χ3v) is 11.1. The van der Waals surface area contributed by atoms with Gasteiger partial charge in [-0.15, -0.1) is 11.6 Å². The molecule has 0 heterocycles. The lowest BCUT2D eigenvalue weighted by Crippen LogP contribution is -2.40. The number of halogens is 1. The number of esters is 2. The maximum Gasteiger partial charge on any atom is 0.338 e. The summed E-state index contributed by atoms with van der Waals surface area (Å²) < 4.78 is 16.3. The quantitative estimate of drug-likeness (QED) is 0.0453. The maximum atomic E-state index is 12.3. The number of ether oxygens (including phenoxy) is 3. The van der Waals surface area contributed by atoms with Gasteiger partial charge in [0.15, 0.2) is 0 Å². The second kappa shape index (κ2) is 23.2. The first-order valence-electron chi connectivity index (χ1n) is 19.2. The van der Waals surface area contributed by atoms with Gasteiger partial charge in [0.1, 0.15) is 19.0 Å². The Labute approximate surface area is 300 Å². The fraction of sp³-hybridized carbons (Fsp3) is 0.707. The van der Waals surface area contributed by atoms with Crippen molar-refractivity contribution in [2.45, 2.75) is 147 Å². The van der Waals surface area contributed by atoms with E-state index in [9.17, 15) is 19.8 Å². The lowest BCUT2D eigenvalue weighted by Gasteiger charge is -2.45. The first-order chi connectivity index (χ1) is 23.8. The van der Waals surface area contributed by atoms with E-state index in [1.54, 1.807) is 24.3 Å². The molecule has 0 aliphatic heterocycles. The molecule has 2 aliphatic carbocycles. The largest absolute Gasteiger partial charge is 0.494 e. The van der Waals surface area contributed by atoms with E-state index >= 15 is 0 Å². The SMILES string of the molecule is CCCCCCCCCCOc1ccc(C(=O)OCCOC(=O)CCC/C=C\C[C@@H]2[C@H](/C=C/C[C@H](O)C3(CC)CCC3)[C@H](O)C[C@@H]2Cl)cc1. The number of allylic oxidation sites excluding steroid dienone is 2. The van der Waals surface area contributed by atoms with Gasteiger partial charge >= 0.3 is 11.9 Å². The molecule has 0 saturated heterocycles. The molecule has 2 saturated carbocycles.